The molecule has 0 aromatic rings. The van der Waals surface area contributed by atoms with E-state index in [0.29, 0.717) is 19.7 Å². The lowest BCUT2D eigenvalue weighted by Crippen LogP contribution is -2.50. The zero-order valence-electron chi connectivity index (χ0n) is 13.4. The molecular weight excluding hydrogens is 270 g/mol. The third-order valence-electron chi connectivity index (χ3n) is 4.27. The summed E-state index contributed by atoms with van der Waals surface area (Å²) in [5.74, 6) is -0.572. The Morgan fingerprint density at radius 2 is 1.81 bits per heavy atom. The van der Waals surface area contributed by atoms with E-state index in [0.717, 1.165) is 25.7 Å². The zero-order valence-corrected chi connectivity index (χ0v) is 13.4. The van der Waals surface area contributed by atoms with Crippen molar-refractivity contribution in [1.82, 2.24) is 4.90 Å². The van der Waals surface area contributed by atoms with Crippen LogP contribution in [0.5, 0.6) is 0 Å². The van der Waals surface area contributed by atoms with Crippen LogP contribution in [0, 0.1) is 0 Å². The van der Waals surface area contributed by atoms with Gasteiger partial charge in [0.2, 0.25) is 11.7 Å². The first-order chi connectivity index (χ1) is 10.0. The Morgan fingerprint density at radius 1 is 1.14 bits per heavy atom. The van der Waals surface area contributed by atoms with Crippen molar-refractivity contribution in [1.29, 1.82) is 0 Å². The summed E-state index contributed by atoms with van der Waals surface area (Å²) in [6.07, 6.45) is 8.50. The molecule has 1 atom stereocenters. The Balaban J connectivity index is 1.91. The summed E-state index contributed by atoms with van der Waals surface area (Å²) in [7, 11) is 0. The minimum Gasteiger partial charge on any atom is -0.344 e. The van der Waals surface area contributed by atoms with Crippen LogP contribution in [0.15, 0.2) is 12.2 Å². The van der Waals surface area contributed by atoms with E-state index in [1.54, 1.807) is 17.1 Å². The minimum absolute atomic E-state index is 0.0113. The lowest BCUT2D eigenvalue weighted by molar-refractivity contribution is -0.505. The van der Waals surface area contributed by atoms with Gasteiger partial charge in [0.15, 0.2) is 0 Å². The topological polar surface area (TPSA) is 48.0 Å². The summed E-state index contributed by atoms with van der Waals surface area (Å²) in [5, 5.41) is 0. The molecule has 0 bridgehead atoms. The Hall–Kier alpha value is -0.910. The van der Waals surface area contributed by atoms with E-state index in [4.69, 9.17) is 14.5 Å². The third-order valence-corrected chi connectivity index (χ3v) is 4.27. The van der Waals surface area contributed by atoms with Gasteiger partial charge in [-0.1, -0.05) is 6.42 Å². The molecule has 0 aromatic carbocycles. The molecule has 0 radical (unpaired) electrons. The normalized spacial score (nSPS) is 28.9. The monoisotopic (exact) mass is 297 g/mol. The first kappa shape index (κ1) is 16.5. The second-order valence-corrected chi connectivity index (χ2v) is 6.08. The van der Waals surface area contributed by atoms with Crippen molar-refractivity contribution in [3.05, 3.63) is 12.2 Å². The fourth-order valence-corrected chi connectivity index (χ4v) is 2.78. The molecule has 5 nitrogen and oxygen atoms in total. The summed E-state index contributed by atoms with van der Waals surface area (Å²) in [6, 6.07) is 0. The smallest absolute Gasteiger partial charge is 0.246 e. The van der Waals surface area contributed by atoms with Crippen LogP contribution in [-0.2, 0) is 19.3 Å². The van der Waals surface area contributed by atoms with E-state index in [1.807, 2.05) is 20.8 Å². The van der Waals surface area contributed by atoms with Crippen LogP contribution < -0.4 is 0 Å². The molecule has 1 spiro atoms. The number of hydrogen-bond acceptors (Lipinski definition) is 4. The van der Waals surface area contributed by atoms with Gasteiger partial charge < -0.3 is 9.64 Å². The molecule has 1 aliphatic heterocycles. The molecule has 1 aliphatic carbocycles. The van der Waals surface area contributed by atoms with Crippen LogP contribution in [0.2, 0.25) is 0 Å². The Bertz CT molecular complexity index is 374. The molecular formula is C16H27NO4. The molecule has 2 fully saturated rings. The van der Waals surface area contributed by atoms with Crippen molar-refractivity contribution >= 4 is 5.91 Å². The molecule has 2 rings (SSSR count). The average molecular weight is 297 g/mol. The predicted octanol–water partition coefficient (Wildman–Crippen LogP) is 2.81. The number of hydrogen-bond donors (Lipinski definition) is 0. The van der Waals surface area contributed by atoms with Crippen LogP contribution in [0.25, 0.3) is 0 Å². The van der Waals surface area contributed by atoms with E-state index in [9.17, 15) is 4.79 Å². The minimum atomic E-state index is -0.703. The largest absolute Gasteiger partial charge is 0.344 e. The van der Waals surface area contributed by atoms with Crippen molar-refractivity contribution in [3.63, 3.8) is 0 Å². The summed E-state index contributed by atoms with van der Waals surface area (Å²) >= 11 is 0. The highest BCUT2D eigenvalue weighted by atomic mass is 17.2. The van der Waals surface area contributed by atoms with E-state index in [-0.39, 0.29) is 5.91 Å². The number of amides is 1. The quantitative estimate of drug-likeness (QED) is 0.591. The SMILES string of the molecule is CCN(CC)C(=O)C=CC1(C)COC2(CCCCC2)OO1. The maximum Gasteiger partial charge on any atom is 0.246 e. The molecule has 1 amide bonds. The molecule has 2 aliphatic rings. The van der Waals surface area contributed by atoms with Gasteiger partial charge in [-0.05, 0) is 39.7 Å². The average Bonchev–Trinajstić information content (AvgIpc) is 2.51. The number of nitrogens with zero attached hydrogens (tertiary/aromatic N) is 1. The van der Waals surface area contributed by atoms with Gasteiger partial charge >= 0.3 is 0 Å². The maximum absolute atomic E-state index is 12.0. The number of likely N-dealkylation sites (N-methyl/N-ethyl adjacent to an activating group) is 1. The van der Waals surface area contributed by atoms with Crippen molar-refractivity contribution in [3.8, 4) is 0 Å². The van der Waals surface area contributed by atoms with E-state index in [2.05, 4.69) is 0 Å². The zero-order chi connectivity index (χ0) is 15.3. The fourth-order valence-electron chi connectivity index (χ4n) is 2.78. The summed E-state index contributed by atoms with van der Waals surface area (Å²) in [5.41, 5.74) is -0.703. The lowest BCUT2D eigenvalue weighted by atomic mass is 9.93. The number of carbonyl (C=O) groups is 1. The van der Waals surface area contributed by atoms with Gasteiger partial charge in [-0.2, -0.15) is 0 Å². The lowest BCUT2D eigenvalue weighted by Gasteiger charge is -2.43. The molecule has 0 N–H and O–H groups in total. The molecule has 120 valence electrons. The third kappa shape index (κ3) is 4.05. The van der Waals surface area contributed by atoms with Crippen molar-refractivity contribution in [2.24, 2.45) is 0 Å². The van der Waals surface area contributed by atoms with Crippen molar-refractivity contribution in [2.45, 2.75) is 64.3 Å². The summed E-state index contributed by atoms with van der Waals surface area (Å²) in [4.78, 5) is 24.9. The standard InChI is InChI=1S/C16H27NO4/c1-4-17(5-2)14(18)9-12-15(3)13-19-16(21-20-15)10-7-6-8-11-16/h9,12H,4-8,10-11,13H2,1-3H3. The number of ether oxygens (including phenoxy) is 1. The first-order valence-corrected chi connectivity index (χ1v) is 8.01. The van der Waals surface area contributed by atoms with Gasteiger partial charge in [-0.3, -0.25) is 4.79 Å². The maximum atomic E-state index is 12.0. The molecule has 1 saturated heterocycles. The molecule has 0 aromatic heterocycles. The van der Waals surface area contributed by atoms with Gasteiger partial charge in [-0.15, -0.1) is 0 Å². The van der Waals surface area contributed by atoms with Crippen LogP contribution in [0.3, 0.4) is 0 Å². The summed E-state index contributed by atoms with van der Waals surface area (Å²) < 4.78 is 5.94. The molecule has 1 unspecified atom stereocenters. The second-order valence-electron chi connectivity index (χ2n) is 6.08. The first-order valence-electron chi connectivity index (χ1n) is 8.01. The van der Waals surface area contributed by atoms with Crippen LogP contribution in [-0.4, -0.2) is 41.9 Å². The highest BCUT2D eigenvalue weighted by Crippen LogP contribution is 2.38. The predicted molar refractivity (Wildman–Crippen MR) is 79.4 cm³/mol. The Morgan fingerprint density at radius 3 is 2.33 bits per heavy atom. The highest BCUT2D eigenvalue weighted by Gasteiger charge is 2.44. The Kier molecular flexibility index (Phi) is 5.41. The Labute approximate surface area is 127 Å². The molecule has 1 saturated carbocycles. The van der Waals surface area contributed by atoms with Gasteiger partial charge in [0, 0.05) is 32.0 Å². The summed E-state index contributed by atoms with van der Waals surface area (Å²) in [6.45, 7) is 7.62. The highest BCUT2D eigenvalue weighted by molar-refractivity contribution is 5.87. The molecule has 21 heavy (non-hydrogen) atoms. The fraction of sp³-hybridized carbons (Fsp3) is 0.812. The van der Waals surface area contributed by atoms with E-state index in [1.165, 1.54) is 6.42 Å². The van der Waals surface area contributed by atoms with Crippen molar-refractivity contribution in [2.75, 3.05) is 19.7 Å². The van der Waals surface area contributed by atoms with Gasteiger partial charge in [0.05, 0.1) is 6.61 Å². The number of rotatable bonds is 4. The van der Waals surface area contributed by atoms with E-state index >= 15 is 0 Å². The molecule has 1 heterocycles. The van der Waals surface area contributed by atoms with Crippen molar-refractivity contribution < 1.29 is 19.3 Å². The molecule has 5 heteroatoms. The van der Waals surface area contributed by atoms with Crippen LogP contribution in [0.1, 0.15) is 52.9 Å². The number of carbonyl (C=O) groups excluding carboxylic acids is 1. The van der Waals surface area contributed by atoms with Crippen LogP contribution in [0.4, 0.5) is 0 Å². The van der Waals surface area contributed by atoms with Gasteiger partial charge in [0.1, 0.15) is 5.60 Å². The van der Waals surface area contributed by atoms with E-state index < -0.39 is 11.4 Å². The van der Waals surface area contributed by atoms with Gasteiger partial charge in [0.25, 0.3) is 0 Å². The van der Waals surface area contributed by atoms with Gasteiger partial charge in [-0.25, -0.2) is 9.78 Å². The second kappa shape index (κ2) is 6.90. The van der Waals surface area contributed by atoms with Crippen LogP contribution >= 0.6 is 0 Å².